The van der Waals surface area contributed by atoms with Gasteiger partial charge < -0.3 is 4.74 Å². The van der Waals surface area contributed by atoms with Crippen LogP contribution in [0.25, 0.3) is 0 Å². The fourth-order valence-electron chi connectivity index (χ4n) is 4.18. The summed E-state index contributed by atoms with van der Waals surface area (Å²) in [4.78, 5) is 0. The predicted molar refractivity (Wildman–Crippen MR) is 134 cm³/mol. The summed E-state index contributed by atoms with van der Waals surface area (Å²) >= 11 is 0. The minimum absolute atomic E-state index is 0.582. The van der Waals surface area contributed by atoms with E-state index in [9.17, 15) is 0 Å². The summed E-state index contributed by atoms with van der Waals surface area (Å²) in [6.07, 6.45) is 21.0. The first-order valence-electron chi connectivity index (χ1n) is 12.7. The average Bonchev–Trinajstić information content (AvgIpc) is 2.80. The first-order valence-corrected chi connectivity index (χ1v) is 12.7. The molecule has 0 aromatic heterocycles. The SMILES string of the molecule is CCCCCCOc1ccc(C#C/C=C/C#C[C@H]2CC[C@H](CCCCCC)CC2)cc1. The Morgan fingerprint density at radius 3 is 2.19 bits per heavy atom. The van der Waals surface area contributed by atoms with Crippen molar-refractivity contribution >= 4 is 0 Å². The molecule has 1 fully saturated rings. The Bertz CT molecular complexity index is 727. The van der Waals surface area contributed by atoms with Gasteiger partial charge in [-0.15, -0.1) is 0 Å². The van der Waals surface area contributed by atoms with E-state index < -0.39 is 0 Å². The van der Waals surface area contributed by atoms with Crippen molar-refractivity contribution in [3.63, 3.8) is 0 Å². The minimum atomic E-state index is 0.582. The molecule has 1 aliphatic rings. The molecule has 2 rings (SSSR count). The monoisotopic (exact) mass is 418 g/mol. The van der Waals surface area contributed by atoms with E-state index in [1.165, 1.54) is 77.0 Å². The molecule has 0 atom stereocenters. The van der Waals surface area contributed by atoms with Crippen LogP contribution in [0.2, 0.25) is 0 Å². The standard InChI is InChI=1S/C30H42O/c1-3-5-7-11-15-27-18-20-28(21-19-27)16-12-9-10-13-17-29-22-24-30(25-23-29)31-26-14-8-6-4-2/h9-10,22-25,27-28H,3-8,11,14-15,18-21,26H2,1-2H3/b10-9+/t27-,28-. The molecule has 0 aliphatic heterocycles. The van der Waals surface area contributed by atoms with Gasteiger partial charge in [0.1, 0.15) is 5.75 Å². The van der Waals surface area contributed by atoms with Crippen LogP contribution in [0.5, 0.6) is 5.75 Å². The Morgan fingerprint density at radius 1 is 0.806 bits per heavy atom. The molecule has 1 aromatic rings. The highest BCUT2D eigenvalue weighted by Gasteiger charge is 2.19. The highest BCUT2D eigenvalue weighted by Crippen LogP contribution is 2.31. The van der Waals surface area contributed by atoms with Gasteiger partial charge in [0.2, 0.25) is 0 Å². The maximum atomic E-state index is 5.78. The molecule has 1 aromatic carbocycles. The van der Waals surface area contributed by atoms with Gasteiger partial charge >= 0.3 is 0 Å². The van der Waals surface area contributed by atoms with Crippen molar-refractivity contribution < 1.29 is 4.74 Å². The zero-order chi connectivity index (χ0) is 22.0. The molecule has 0 radical (unpaired) electrons. The van der Waals surface area contributed by atoms with E-state index in [0.717, 1.165) is 30.3 Å². The molecular weight excluding hydrogens is 376 g/mol. The van der Waals surface area contributed by atoms with E-state index in [1.54, 1.807) is 0 Å². The van der Waals surface area contributed by atoms with Crippen molar-refractivity contribution in [2.45, 2.75) is 97.3 Å². The Morgan fingerprint density at radius 2 is 1.48 bits per heavy atom. The molecule has 0 N–H and O–H groups in total. The van der Waals surface area contributed by atoms with E-state index >= 15 is 0 Å². The zero-order valence-electron chi connectivity index (χ0n) is 19.9. The molecule has 0 saturated heterocycles. The van der Waals surface area contributed by atoms with E-state index in [-0.39, 0.29) is 0 Å². The summed E-state index contributed by atoms with van der Waals surface area (Å²) < 4.78 is 5.78. The second kappa shape index (κ2) is 16.6. The molecule has 31 heavy (non-hydrogen) atoms. The van der Waals surface area contributed by atoms with Gasteiger partial charge in [0.05, 0.1) is 6.61 Å². The van der Waals surface area contributed by atoms with Crippen LogP contribution in [0.4, 0.5) is 0 Å². The first kappa shape index (κ1) is 25.1. The van der Waals surface area contributed by atoms with Crippen LogP contribution in [0.15, 0.2) is 36.4 Å². The lowest BCUT2D eigenvalue weighted by atomic mass is 9.80. The largest absolute Gasteiger partial charge is 0.494 e. The van der Waals surface area contributed by atoms with Gasteiger partial charge in [-0.1, -0.05) is 88.9 Å². The first-order chi connectivity index (χ1) is 15.3. The third kappa shape index (κ3) is 11.7. The third-order valence-corrected chi connectivity index (χ3v) is 6.19. The van der Waals surface area contributed by atoms with Gasteiger partial charge in [-0.2, -0.15) is 0 Å². The van der Waals surface area contributed by atoms with Crippen molar-refractivity contribution in [3.8, 4) is 29.4 Å². The Labute approximate surface area is 192 Å². The molecule has 168 valence electrons. The Balaban J connectivity index is 1.63. The van der Waals surface area contributed by atoms with Crippen LogP contribution in [0.1, 0.15) is 103 Å². The maximum Gasteiger partial charge on any atom is 0.119 e. The fraction of sp³-hybridized carbons (Fsp3) is 0.600. The highest BCUT2D eigenvalue weighted by atomic mass is 16.5. The second-order valence-electron chi connectivity index (χ2n) is 8.89. The summed E-state index contributed by atoms with van der Waals surface area (Å²) in [7, 11) is 0. The smallest absolute Gasteiger partial charge is 0.119 e. The van der Waals surface area contributed by atoms with Crippen LogP contribution in [0, 0.1) is 35.5 Å². The maximum absolute atomic E-state index is 5.78. The van der Waals surface area contributed by atoms with E-state index in [0.29, 0.717) is 5.92 Å². The van der Waals surface area contributed by atoms with Crippen molar-refractivity contribution in [1.29, 1.82) is 0 Å². The molecular formula is C30H42O. The third-order valence-electron chi connectivity index (χ3n) is 6.19. The van der Waals surface area contributed by atoms with Crippen LogP contribution in [0.3, 0.4) is 0 Å². The molecule has 1 heteroatoms. The normalized spacial score (nSPS) is 18.1. The predicted octanol–water partition coefficient (Wildman–Crippen LogP) is 8.33. The lowest BCUT2D eigenvalue weighted by molar-refractivity contribution is 0.294. The van der Waals surface area contributed by atoms with Gasteiger partial charge in [-0.25, -0.2) is 0 Å². The van der Waals surface area contributed by atoms with Gasteiger partial charge in [0.15, 0.2) is 0 Å². The topological polar surface area (TPSA) is 9.23 Å². The van der Waals surface area contributed by atoms with Crippen LogP contribution >= 0.6 is 0 Å². The second-order valence-corrected chi connectivity index (χ2v) is 8.89. The summed E-state index contributed by atoms with van der Waals surface area (Å²) in [6, 6.07) is 8.06. The van der Waals surface area contributed by atoms with Gasteiger partial charge in [0.25, 0.3) is 0 Å². The van der Waals surface area contributed by atoms with Gasteiger partial charge in [-0.3, -0.25) is 0 Å². The molecule has 0 bridgehead atoms. The number of ether oxygens (including phenoxy) is 1. The van der Waals surface area contributed by atoms with E-state index in [2.05, 4.69) is 37.5 Å². The molecule has 0 unspecified atom stereocenters. The van der Waals surface area contributed by atoms with Crippen molar-refractivity contribution in [2.75, 3.05) is 6.61 Å². The zero-order valence-corrected chi connectivity index (χ0v) is 19.9. The van der Waals surface area contributed by atoms with Crippen LogP contribution in [-0.4, -0.2) is 6.61 Å². The number of hydrogen-bond donors (Lipinski definition) is 0. The lowest BCUT2D eigenvalue weighted by Gasteiger charge is -2.25. The van der Waals surface area contributed by atoms with Crippen LogP contribution in [-0.2, 0) is 0 Å². The number of hydrogen-bond acceptors (Lipinski definition) is 1. The molecule has 1 nitrogen and oxygen atoms in total. The molecule has 0 spiro atoms. The fourth-order valence-corrected chi connectivity index (χ4v) is 4.18. The highest BCUT2D eigenvalue weighted by molar-refractivity contribution is 5.40. The Hall–Kier alpha value is -2.12. The van der Waals surface area contributed by atoms with Gasteiger partial charge in [-0.05, 0) is 74.4 Å². The summed E-state index contributed by atoms with van der Waals surface area (Å²) in [5.74, 6) is 15.4. The minimum Gasteiger partial charge on any atom is -0.494 e. The Kier molecular flexibility index (Phi) is 13.4. The number of allylic oxidation sites excluding steroid dienone is 2. The van der Waals surface area contributed by atoms with Crippen molar-refractivity contribution in [2.24, 2.45) is 11.8 Å². The molecule has 1 aliphatic carbocycles. The number of rotatable bonds is 11. The van der Waals surface area contributed by atoms with E-state index in [1.807, 2.05) is 36.4 Å². The molecule has 0 amide bonds. The summed E-state index contributed by atoms with van der Waals surface area (Å²) in [6.45, 7) is 5.31. The van der Waals surface area contributed by atoms with Crippen LogP contribution < -0.4 is 4.74 Å². The van der Waals surface area contributed by atoms with Crippen molar-refractivity contribution in [3.05, 3.63) is 42.0 Å². The molecule has 0 heterocycles. The number of benzene rings is 1. The van der Waals surface area contributed by atoms with Crippen molar-refractivity contribution in [1.82, 2.24) is 0 Å². The molecule has 1 saturated carbocycles. The average molecular weight is 419 g/mol. The lowest BCUT2D eigenvalue weighted by Crippen LogP contribution is -2.13. The van der Waals surface area contributed by atoms with Gasteiger partial charge in [0, 0.05) is 11.5 Å². The summed E-state index contributed by atoms with van der Waals surface area (Å²) in [5.41, 5.74) is 1.01. The number of unbranched alkanes of at least 4 members (excludes halogenated alkanes) is 6. The quantitative estimate of drug-likeness (QED) is 0.259. The summed E-state index contributed by atoms with van der Waals surface area (Å²) in [5, 5.41) is 0. The van der Waals surface area contributed by atoms with E-state index in [4.69, 9.17) is 4.74 Å².